The van der Waals surface area contributed by atoms with Crippen molar-refractivity contribution in [3.05, 3.63) is 59.0 Å². The second-order valence-electron chi connectivity index (χ2n) is 4.78. The van der Waals surface area contributed by atoms with E-state index < -0.39 is 0 Å². The van der Waals surface area contributed by atoms with Gasteiger partial charge in [0.1, 0.15) is 0 Å². The molecule has 1 aromatic carbocycles. The van der Waals surface area contributed by atoms with Gasteiger partial charge >= 0.3 is 0 Å². The zero-order chi connectivity index (χ0) is 14.5. The molecule has 1 heterocycles. The molecule has 0 saturated carbocycles. The molecule has 1 unspecified atom stereocenters. The van der Waals surface area contributed by atoms with Crippen molar-refractivity contribution >= 4 is 17.5 Å². The van der Waals surface area contributed by atoms with Gasteiger partial charge in [-0.1, -0.05) is 37.3 Å². The topological polar surface area (TPSA) is 33.5 Å². The first-order valence-electron chi connectivity index (χ1n) is 6.72. The Balaban J connectivity index is 2.21. The molecule has 0 fully saturated rings. The third kappa shape index (κ3) is 3.42. The summed E-state index contributed by atoms with van der Waals surface area (Å²) in [5.41, 5.74) is 1.10. The van der Waals surface area contributed by atoms with E-state index in [1.807, 2.05) is 42.2 Å². The molecule has 0 aliphatic rings. The Bertz CT molecular complexity index is 565. The smallest absolute Gasteiger partial charge is 0.290 e. The lowest BCUT2D eigenvalue weighted by atomic mass is 10.1. The maximum atomic E-state index is 12.5. The number of carbonyl (C=O) groups is 1. The Kier molecular flexibility index (Phi) is 4.85. The molecule has 20 heavy (non-hydrogen) atoms. The van der Waals surface area contributed by atoms with Gasteiger partial charge in [0.05, 0.1) is 0 Å². The number of amides is 1. The van der Waals surface area contributed by atoms with E-state index in [4.69, 9.17) is 16.0 Å². The molecule has 1 aromatic heterocycles. The van der Waals surface area contributed by atoms with Crippen LogP contribution in [0.15, 0.2) is 46.9 Å². The Labute approximate surface area is 124 Å². The van der Waals surface area contributed by atoms with Crippen LogP contribution in [0.4, 0.5) is 0 Å². The van der Waals surface area contributed by atoms with Crippen molar-refractivity contribution in [3.63, 3.8) is 0 Å². The number of benzene rings is 1. The minimum Gasteiger partial charge on any atom is -0.440 e. The molecular weight excluding hydrogens is 274 g/mol. The molecule has 2 rings (SSSR count). The summed E-state index contributed by atoms with van der Waals surface area (Å²) in [6.07, 6.45) is 0.882. The van der Waals surface area contributed by atoms with Crippen LogP contribution in [-0.2, 0) is 6.54 Å². The van der Waals surface area contributed by atoms with Crippen LogP contribution in [0.1, 0.15) is 36.4 Å². The summed E-state index contributed by atoms with van der Waals surface area (Å²) in [5.74, 6) is 0.154. The fraction of sp³-hybridized carbons (Fsp3) is 0.312. The summed E-state index contributed by atoms with van der Waals surface area (Å²) < 4.78 is 5.23. The SMILES string of the molecule is CCC(C)N(Cc1ccccc1)C(=O)c1ccc(Cl)o1. The number of halogens is 1. The van der Waals surface area contributed by atoms with Gasteiger partial charge < -0.3 is 9.32 Å². The zero-order valence-electron chi connectivity index (χ0n) is 11.7. The Morgan fingerprint density at radius 3 is 2.50 bits per heavy atom. The highest BCUT2D eigenvalue weighted by Gasteiger charge is 2.23. The molecular formula is C16H18ClNO2. The summed E-state index contributed by atoms with van der Waals surface area (Å²) in [4.78, 5) is 14.3. The van der Waals surface area contributed by atoms with E-state index in [1.165, 1.54) is 0 Å². The maximum Gasteiger partial charge on any atom is 0.290 e. The van der Waals surface area contributed by atoms with E-state index in [0.29, 0.717) is 6.54 Å². The molecule has 0 bridgehead atoms. The van der Waals surface area contributed by atoms with E-state index in [0.717, 1.165) is 12.0 Å². The molecule has 1 amide bonds. The third-order valence-electron chi connectivity index (χ3n) is 3.36. The highest BCUT2D eigenvalue weighted by molar-refractivity contribution is 6.29. The van der Waals surface area contributed by atoms with E-state index in [-0.39, 0.29) is 22.9 Å². The second kappa shape index (κ2) is 6.62. The van der Waals surface area contributed by atoms with Crippen molar-refractivity contribution in [3.8, 4) is 0 Å². The largest absolute Gasteiger partial charge is 0.440 e. The fourth-order valence-electron chi connectivity index (χ4n) is 2.00. The molecule has 1 atom stereocenters. The monoisotopic (exact) mass is 291 g/mol. The number of nitrogens with zero attached hydrogens (tertiary/aromatic N) is 1. The van der Waals surface area contributed by atoms with Crippen molar-refractivity contribution in [2.75, 3.05) is 0 Å². The standard InChI is InChI=1S/C16H18ClNO2/c1-3-12(2)18(11-13-7-5-4-6-8-13)16(19)14-9-10-15(17)20-14/h4-10,12H,3,11H2,1-2H3. The summed E-state index contributed by atoms with van der Waals surface area (Å²) >= 11 is 5.75. The van der Waals surface area contributed by atoms with Crippen molar-refractivity contribution in [2.24, 2.45) is 0 Å². The van der Waals surface area contributed by atoms with Crippen molar-refractivity contribution in [1.82, 2.24) is 4.90 Å². The quantitative estimate of drug-likeness (QED) is 0.819. The molecule has 0 aliphatic carbocycles. The van der Waals surface area contributed by atoms with Crippen molar-refractivity contribution < 1.29 is 9.21 Å². The first kappa shape index (κ1) is 14.7. The van der Waals surface area contributed by atoms with Gasteiger partial charge in [-0.15, -0.1) is 0 Å². The lowest BCUT2D eigenvalue weighted by Crippen LogP contribution is -2.37. The van der Waals surface area contributed by atoms with E-state index in [2.05, 4.69) is 6.92 Å². The molecule has 0 aliphatic heterocycles. The average molecular weight is 292 g/mol. The van der Waals surface area contributed by atoms with Crippen LogP contribution in [0, 0.1) is 0 Å². The van der Waals surface area contributed by atoms with Crippen LogP contribution < -0.4 is 0 Å². The number of furan rings is 1. The summed E-state index contributed by atoms with van der Waals surface area (Å²) in [6.45, 7) is 4.66. The lowest BCUT2D eigenvalue weighted by molar-refractivity contribution is 0.0639. The molecule has 2 aromatic rings. The highest BCUT2D eigenvalue weighted by Crippen LogP contribution is 2.19. The predicted molar refractivity (Wildman–Crippen MR) is 79.8 cm³/mol. The Morgan fingerprint density at radius 2 is 1.95 bits per heavy atom. The number of hydrogen-bond acceptors (Lipinski definition) is 2. The van der Waals surface area contributed by atoms with Crippen LogP contribution in [0.2, 0.25) is 5.22 Å². The van der Waals surface area contributed by atoms with Crippen molar-refractivity contribution in [2.45, 2.75) is 32.9 Å². The molecule has 0 N–H and O–H groups in total. The van der Waals surface area contributed by atoms with Crippen LogP contribution in [-0.4, -0.2) is 16.8 Å². The first-order valence-corrected chi connectivity index (χ1v) is 7.09. The lowest BCUT2D eigenvalue weighted by Gasteiger charge is -2.28. The van der Waals surface area contributed by atoms with Gasteiger partial charge in [0.2, 0.25) is 0 Å². The fourth-order valence-corrected chi connectivity index (χ4v) is 2.15. The normalized spacial score (nSPS) is 12.2. The van der Waals surface area contributed by atoms with Gasteiger partial charge in [0.15, 0.2) is 11.0 Å². The zero-order valence-corrected chi connectivity index (χ0v) is 12.4. The molecule has 0 saturated heterocycles. The van der Waals surface area contributed by atoms with E-state index in [1.54, 1.807) is 12.1 Å². The van der Waals surface area contributed by atoms with Crippen LogP contribution >= 0.6 is 11.6 Å². The summed E-state index contributed by atoms with van der Waals surface area (Å²) in [5, 5.41) is 0.233. The molecule has 3 nitrogen and oxygen atoms in total. The van der Waals surface area contributed by atoms with Crippen LogP contribution in [0.3, 0.4) is 0 Å². The van der Waals surface area contributed by atoms with E-state index >= 15 is 0 Å². The molecule has 4 heteroatoms. The minimum atomic E-state index is -0.130. The van der Waals surface area contributed by atoms with Gasteiger partial charge in [0.25, 0.3) is 5.91 Å². The minimum absolute atomic E-state index is 0.130. The van der Waals surface area contributed by atoms with Crippen LogP contribution in [0.25, 0.3) is 0 Å². The predicted octanol–water partition coefficient (Wildman–Crippen LogP) is 4.37. The third-order valence-corrected chi connectivity index (χ3v) is 3.57. The molecule has 0 radical (unpaired) electrons. The average Bonchev–Trinajstić information content (AvgIpc) is 2.91. The number of carbonyl (C=O) groups excluding carboxylic acids is 1. The number of rotatable bonds is 5. The first-order chi connectivity index (χ1) is 9.61. The van der Waals surface area contributed by atoms with Gasteiger partial charge in [-0.2, -0.15) is 0 Å². The summed E-state index contributed by atoms with van der Waals surface area (Å²) in [6, 6.07) is 13.3. The highest BCUT2D eigenvalue weighted by atomic mass is 35.5. The maximum absolute atomic E-state index is 12.5. The van der Waals surface area contributed by atoms with Gasteiger partial charge in [-0.3, -0.25) is 4.79 Å². The molecule has 0 spiro atoms. The summed E-state index contributed by atoms with van der Waals surface area (Å²) in [7, 11) is 0. The second-order valence-corrected chi connectivity index (χ2v) is 5.15. The van der Waals surface area contributed by atoms with Gasteiger partial charge in [-0.25, -0.2) is 0 Å². The van der Waals surface area contributed by atoms with Gasteiger partial charge in [0, 0.05) is 12.6 Å². The Morgan fingerprint density at radius 1 is 1.25 bits per heavy atom. The van der Waals surface area contributed by atoms with E-state index in [9.17, 15) is 4.79 Å². The van der Waals surface area contributed by atoms with Crippen molar-refractivity contribution in [1.29, 1.82) is 0 Å². The van der Waals surface area contributed by atoms with Crippen LogP contribution in [0.5, 0.6) is 0 Å². The Hall–Kier alpha value is -1.74. The number of hydrogen-bond donors (Lipinski definition) is 0. The molecule has 106 valence electrons. The van der Waals surface area contributed by atoms with Gasteiger partial charge in [-0.05, 0) is 42.6 Å².